The lowest BCUT2D eigenvalue weighted by Crippen LogP contribution is -2.37. The minimum Gasteiger partial charge on any atom is -0.355 e. The summed E-state index contributed by atoms with van der Waals surface area (Å²) in [5.74, 6) is -0.943. The van der Waals surface area contributed by atoms with Crippen LogP contribution in [0.4, 0.5) is 5.69 Å². The molecule has 30 heavy (non-hydrogen) atoms. The number of nitrogens with zero attached hydrogens (tertiary/aromatic N) is 1. The fourth-order valence-corrected chi connectivity index (χ4v) is 4.04. The van der Waals surface area contributed by atoms with Crippen LogP contribution in [0, 0.1) is 0 Å². The summed E-state index contributed by atoms with van der Waals surface area (Å²) >= 11 is 15.8. The number of alkyl halides is 1. The lowest BCUT2D eigenvalue weighted by atomic mass is 10.1. The minimum atomic E-state index is -0.421. The second-order valence-electron chi connectivity index (χ2n) is 6.20. The first-order chi connectivity index (χ1) is 14.3. The largest absolute Gasteiger partial charge is 0.355 e. The highest BCUT2D eigenvalue weighted by atomic mass is 79.9. The Morgan fingerprint density at radius 3 is 2.37 bits per heavy atom. The number of rotatable bonds is 7. The van der Waals surface area contributed by atoms with Crippen LogP contribution in [0.25, 0.3) is 6.08 Å². The molecule has 0 aliphatic rings. The molecule has 0 saturated carbocycles. The van der Waals surface area contributed by atoms with E-state index in [1.807, 2.05) is 0 Å². The number of carbonyl (C=O) groups is 3. The molecule has 0 spiro atoms. The summed E-state index contributed by atoms with van der Waals surface area (Å²) < 4.78 is 0. The van der Waals surface area contributed by atoms with Gasteiger partial charge in [0.2, 0.25) is 11.8 Å². The van der Waals surface area contributed by atoms with E-state index in [1.165, 1.54) is 11.0 Å². The molecule has 0 saturated heterocycles. The predicted molar refractivity (Wildman–Crippen MR) is 124 cm³/mol. The molecular formula is C21H20BrCl2N3O3. The van der Waals surface area contributed by atoms with Crippen LogP contribution in [-0.2, 0) is 14.9 Å². The van der Waals surface area contributed by atoms with Gasteiger partial charge < -0.3 is 15.5 Å². The molecule has 0 radical (unpaired) electrons. The second-order valence-corrected chi connectivity index (χ2v) is 7.54. The number of halogens is 3. The first kappa shape index (κ1) is 23.9. The summed E-state index contributed by atoms with van der Waals surface area (Å²) in [7, 11) is 3.13. The Kier molecular flexibility index (Phi) is 8.89. The SMILES string of the molecule is CNC(=O)c1ccc(C=CC(=O)NCC(=O)N(C)c2ccc(Cl)c(CBr)c2Cl)cc1. The van der Waals surface area contributed by atoms with E-state index in [0.717, 1.165) is 5.56 Å². The number of anilines is 1. The van der Waals surface area contributed by atoms with Gasteiger partial charge in [-0.2, -0.15) is 0 Å². The van der Waals surface area contributed by atoms with Crippen LogP contribution in [0.1, 0.15) is 21.5 Å². The second kappa shape index (κ2) is 11.2. The van der Waals surface area contributed by atoms with E-state index >= 15 is 0 Å². The van der Waals surface area contributed by atoms with Gasteiger partial charge in [0, 0.05) is 41.7 Å². The number of benzene rings is 2. The summed E-state index contributed by atoms with van der Waals surface area (Å²) in [5.41, 5.74) is 2.46. The molecule has 0 heterocycles. The Bertz CT molecular complexity index is 978. The fraction of sp³-hybridized carbons (Fsp3) is 0.190. The van der Waals surface area contributed by atoms with E-state index in [9.17, 15) is 14.4 Å². The Morgan fingerprint density at radius 1 is 1.10 bits per heavy atom. The van der Waals surface area contributed by atoms with E-state index in [1.54, 1.807) is 56.6 Å². The molecule has 2 aromatic carbocycles. The number of likely N-dealkylation sites (N-methyl/N-ethyl adjacent to an activating group) is 1. The van der Waals surface area contributed by atoms with Gasteiger partial charge in [-0.3, -0.25) is 14.4 Å². The van der Waals surface area contributed by atoms with Gasteiger partial charge in [0.25, 0.3) is 5.91 Å². The van der Waals surface area contributed by atoms with E-state index in [2.05, 4.69) is 26.6 Å². The minimum absolute atomic E-state index is 0.185. The Morgan fingerprint density at radius 2 is 1.77 bits per heavy atom. The smallest absolute Gasteiger partial charge is 0.251 e. The van der Waals surface area contributed by atoms with Gasteiger partial charge >= 0.3 is 0 Å². The normalized spacial score (nSPS) is 10.7. The molecule has 0 fully saturated rings. The molecule has 2 N–H and O–H groups in total. The number of hydrogen-bond donors (Lipinski definition) is 2. The van der Waals surface area contributed by atoms with Crippen molar-refractivity contribution < 1.29 is 14.4 Å². The monoisotopic (exact) mass is 511 g/mol. The third-order valence-corrected chi connectivity index (χ3v) is 5.61. The number of carbonyl (C=O) groups excluding carboxylic acids is 3. The van der Waals surface area contributed by atoms with Gasteiger partial charge in [0.05, 0.1) is 17.3 Å². The van der Waals surface area contributed by atoms with Crippen LogP contribution in [-0.4, -0.2) is 38.4 Å². The molecule has 2 rings (SSSR count). The summed E-state index contributed by atoms with van der Waals surface area (Å²) in [6.07, 6.45) is 2.91. The predicted octanol–water partition coefficient (Wildman–Crippen LogP) is 4.04. The van der Waals surface area contributed by atoms with Crippen molar-refractivity contribution in [1.29, 1.82) is 0 Å². The first-order valence-electron chi connectivity index (χ1n) is 8.86. The summed E-state index contributed by atoms with van der Waals surface area (Å²) in [5, 5.41) is 6.41. The highest BCUT2D eigenvalue weighted by Crippen LogP contribution is 2.34. The van der Waals surface area contributed by atoms with Crippen LogP contribution < -0.4 is 15.5 Å². The molecule has 0 bridgehead atoms. The zero-order valence-electron chi connectivity index (χ0n) is 16.3. The van der Waals surface area contributed by atoms with Crippen molar-refractivity contribution in [2.75, 3.05) is 25.5 Å². The summed E-state index contributed by atoms with van der Waals surface area (Å²) in [6, 6.07) is 10.1. The molecule has 0 aliphatic heterocycles. The van der Waals surface area contributed by atoms with E-state index in [-0.39, 0.29) is 18.4 Å². The number of hydrogen-bond acceptors (Lipinski definition) is 3. The van der Waals surface area contributed by atoms with Gasteiger partial charge in [-0.05, 0) is 35.9 Å². The first-order valence-corrected chi connectivity index (χ1v) is 10.7. The van der Waals surface area contributed by atoms with E-state index in [4.69, 9.17) is 23.2 Å². The van der Waals surface area contributed by atoms with Crippen LogP contribution in [0.2, 0.25) is 10.0 Å². The molecule has 0 atom stereocenters. The molecular weight excluding hydrogens is 493 g/mol. The van der Waals surface area contributed by atoms with Crippen molar-refractivity contribution in [2.45, 2.75) is 5.33 Å². The van der Waals surface area contributed by atoms with Gasteiger partial charge in [0.15, 0.2) is 0 Å². The van der Waals surface area contributed by atoms with Crippen LogP contribution >= 0.6 is 39.1 Å². The fourth-order valence-electron chi connectivity index (χ4n) is 2.50. The van der Waals surface area contributed by atoms with Crippen molar-refractivity contribution >= 4 is 68.6 Å². The molecule has 9 heteroatoms. The molecule has 6 nitrogen and oxygen atoms in total. The number of nitrogens with one attached hydrogen (secondary N) is 2. The average molecular weight is 513 g/mol. The van der Waals surface area contributed by atoms with Crippen molar-refractivity contribution in [3.05, 3.63) is 69.2 Å². The Balaban J connectivity index is 1.95. The Labute approximate surface area is 193 Å². The van der Waals surface area contributed by atoms with Crippen LogP contribution in [0.15, 0.2) is 42.5 Å². The van der Waals surface area contributed by atoms with Gasteiger partial charge in [-0.25, -0.2) is 0 Å². The van der Waals surface area contributed by atoms with Gasteiger partial charge in [-0.1, -0.05) is 51.3 Å². The molecule has 2 aromatic rings. The van der Waals surface area contributed by atoms with Gasteiger partial charge in [0.1, 0.15) is 0 Å². The topological polar surface area (TPSA) is 78.5 Å². The molecule has 0 unspecified atom stereocenters. The highest BCUT2D eigenvalue weighted by molar-refractivity contribution is 9.08. The van der Waals surface area contributed by atoms with Gasteiger partial charge in [-0.15, -0.1) is 0 Å². The number of amides is 3. The Hall–Kier alpha value is -2.35. The molecule has 0 aliphatic carbocycles. The van der Waals surface area contributed by atoms with Crippen LogP contribution in [0.3, 0.4) is 0 Å². The highest BCUT2D eigenvalue weighted by Gasteiger charge is 2.17. The maximum Gasteiger partial charge on any atom is 0.251 e. The standard InChI is InChI=1S/C21H20BrCl2N3O3/c1-25-21(30)14-6-3-13(4-7-14)5-10-18(28)26-12-19(29)27(2)17-9-8-16(23)15(11-22)20(17)24/h3-10H,11-12H2,1-2H3,(H,25,30)(H,26,28). The van der Waals surface area contributed by atoms with Crippen molar-refractivity contribution in [2.24, 2.45) is 0 Å². The van der Waals surface area contributed by atoms with Crippen LogP contribution in [0.5, 0.6) is 0 Å². The summed E-state index contributed by atoms with van der Waals surface area (Å²) in [4.78, 5) is 37.4. The average Bonchev–Trinajstić information content (AvgIpc) is 2.75. The van der Waals surface area contributed by atoms with E-state index < -0.39 is 5.91 Å². The zero-order valence-corrected chi connectivity index (χ0v) is 19.4. The lowest BCUT2D eigenvalue weighted by Gasteiger charge is -2.20. The third kappa shape index (κ3) is 6.08. The molecule has 3 amide bonds. The van der Waals surface area contributed by atoms with Crippen molar-refractivity contribution in [3.63, 3.8) is 0 Å². The molecule has 158 valence electrons. The van der Waals surface area contributed by atoms with Crippen molar-refractivity contribution in [1.82, 2.24) is 10.6 Å². The third-order valence-electron chi connectivity index (χ3n) is 4.28. The zero-order chi connectivity index (χ0) is 22.3. The maximum absolute atomic E-state index is 12.4. The maximum atomic E-state index is 12.4. The summed E-state index contributed by atoms with van der Waals surface area (Å²) in [6.45, 7) is -0.197. The molecule has 0 aromatic heterocycles. The lowest BCUT2D eigenvalue weighted by molar-refractivity contribution is -0.122. The van der Waals surface area contributed by atoms with E-state index in [0.29, 0.717) is 32.2 Å². The van der Waals surface area contributed by atoms with Crippen molar-refractivity contribution in [3.8, 4) is 0 Å². The quantitative estimate of drug-likeness (QED) is 0.434.